The number of anilines is 1. The third-order valence-corrected chi connectivity index (χ3v) is 4.19. The van der Waals surface area contributed by atoms with Crippen molar-refractivity contribution in [1.29, 1.82) is 0 Å². The molecule has 2 aromatic rings. The number of rotatable bonds is 7. The molecule has 0 spiro atoms. The van der Waals surface area contributed by atoms with E-state index in [1.807, 2.05) is 6.92 Å². The lowest BCUT2D eigenvalue weighted by Gasteiger charge is -2.14. The lowest BCUT2D eigenvalue weighted by molar-refractivity contribution is -0.148. The standard InChI is InChI=1S/C21H22ClNO5/c1-13-5-8-16(22)11-18(13)23-21(25)14(2)28-20(24)10-7-15-6-9-17(26-3)12-19(15)27-4/h5-12,14H,1-4H3,(H,23,25)/b10-7+/t14-/m1/s1. The fraction of sp³-hybridized carbons (Fsp3) is 0.238. The fourth-order valence-corrected chi connectivity index (χ4v) is 2.52. The number of aryl methyl sites for hydroxylation is 1. The van der Waals surface area contributed by atoms with Crippen LogP contribution in [-0.4, -0.2) is 32.2 Å². The Kier molecular flexibility index (Phi) is 7.46. The van der Waals surface area contributed by atoms with E-state index < -0.39 is 18.0 Å². The number of methoxy groups -OCH3 is 2. The van der Waals surface area contributed by atoms with Crippen LogP contribution in [0.2, 0.25) is 5.02 Å². The van der Waals surface area contributed by atoms with Gasteiger partial charge in [-0.1, -0.05) is 17.7 Å². The highest BCUT2D eigenvalue weighted by molar-refractivity contribution is 6.31. The highest BCUT2D eigenvalue weighted by Crippen LogP contribution is 2.25. The summed E-state index contributed by atoms with van der Waals surface area (Å²) in [5.74, 6) is 0.0845. The molecular weight excluding hydrogens is 382 g/mol. The molecule has 0 aromatic heterocycles. The van der Waals surface area contributed by atoms with Gasteiger partial charge in [0.25, 0.3) is 5.91 Å². The maximum absolute atomic E-state index is 12.3. The zero-order valence-corrected chi connectivity index (χ0v) is 16.9. The first-order valence-corrected chi connectivity index (χ1v) is 8.89. The fourth-order valence-electron chi connectivity index (χ4n) is 2.34. The van der Waals surface area contributed by atoms with Crippen molar-refractivity contribution in [1.82, 2.24) is 0 Å². The van der Waals surface area contributed by atoms with Gasteiger partial charge in [-0.3, -0.25) is 4.79 Å². The third kappa shape index (κ3) is 5.76. The molecule has 7 heteroatoms. The molecule has 0 fully saturated rings. The lowest BCUT2D eigenvalue weighted by atomic mass is 10.1. The molecule has 0 radical (unpaired) electrons. The van der Waals surface area contributed by atoms with Gasteiger partial charge in [-0.05, 0) is 49.8 Å². The summed E-state index contributed by atoms with van der Waals surface area (Å²) in [6.07, 6.45) is 1.80. The zero-order valence-electron chi connectivity index (χ0n) is 16.1. The van der Waals surface area contributed by atoms with Crippen LogP contribution in [0.1, 0.15) is 18.1 Å². The van der Waals surface area contributed by atoms with E-state index >= 15 is 0 Å². The van der Waals surface area contributed by atoms with E-state index in [9.17, 15) is 9.59 Å². The lowest BCUT2D eigenvalue weighted by Crippen LogP contribution is -2.29. The number of amides is 1. The van der Waals surface area contributed by atoms with Crippen molar-refractivity contribution in [3.05, 3.63) is 58.6 Å². The molecule has 2 rings (SSSR count). The molecule has 1 atom stereocenters. The van der Waals surface area contributed by atoms with Crippen LogP contribution in [-0.2, 0) is 14.3 Å². The van der Waals surface area contributed by atoms with E-state index in [-0.39, 0.29) is 0 Å². The zero-order chi connectivity index (χ0) is 20.7. The molecule has 1 amide bonds. The number of halogens is 1. The molecule has 2 aromatic carbocycles. The predicted octanol–water partition coefficient (Wildman–Crippen LogP) is 4.25. The van der Waals surface area contributed by atoms with Crippen LogP contribution < -0.4 is 14.8 Å². The summed E-state index contributed by atoms with van der Waals surface area (Å²) in [6.45, 7) is 3.34. The molecule has 0 saturated carbocycles. The maximum atomic E-state index is 12.3. The molecule has 148 valence electrons. The molecule has 0 aliphatic heterocycles. The minimum absolute atomic E-state index is 0.450. The number of nitrogens with one attached hydrogen (secondary N) is 1. The minimum Gasteiger partial charge on any atom is -0.497 e. The Bertz CT molecular complexity index is 894. The number of ether oxygens (including phenoxy) is 3. The molecule has 1 N–H and O–H groups in total. The van der Waals surface area contributed by atoms with Gasteiger partial charge in [0, 0.05) is 28.4 Å². The number of carbonyl (C=O) groups is 2. The van der Waals surface area contributed by atoms with E-state index in [0.717, 1.165) is 5.56 Å². The van der Waals surface area contributed by atoms with Crippen molar-refractivity contribution in [3.8, 4) is 11.5 Å². The van der Waals surface area contributed by atoms with Crippen molar-refractivity contribution >= 4 is 35.2 Å². The molecule has 0 bridgehead atoms. The Labute approximate surface area is 169 Å². The normalized spacial score (nSPS) is 11.8. The molecule has 6 nitrogen and oxygen atoms in total. The Hall–Kier alpha value is -2.99. The van der Waals surface area contributed by atoms with Crippen molar-refractivity contribution < 1.29 is 23.8 Å². The van der Waals surface area contributed by atoms with Crippen LogP contribution in [0.15, 0.2) is 42.5 Å². The average Bonchev–Trinajstić information content (AvgIpc) is 2.68. The van der Waals surface area contributed by atoms with Gasteiger partial charge in [-0.25, -0.2) is 4.79 Å². The highest BCUT2D eigenvalue weighted by atomic mass is 35.5. The maximum Gasteiger partial charge on any atom is 0.331 e. The molecule has 0 heterocycles. The molecular formula is C21H22ClNO5. The summed E-state index contributed by atoms with van der Waals surface area (Å²) in [4.78, 5) is 24.3. The summed E-state index contributed by atoms with van der Waals surface area (Å²) < 4.78 is 15.6. The Morgan fingerprint density at radius 1 is 1.11 bits per heavy atom. The van der Waals surface area contributed by atoms with E-state index in [1.165, 1.54) is 20.1 Å². The van der Waals surface area contributed by atoms with Crippen molar-refractivity contribution in [2.24, 2.45) is 0 Å². The molecule has 0 aliphatic rings. The molecule has 0 unspecified atom stereocenters. The number of hydrogen-bond donors (Lipinski definition) is 1. The van der Waals surface area contributed by atoms with E-state index in [4.69, 9.17) is 25.8 Å². The summed E-state index contributed by atoms with van der Waals surface area (Å²) in [5, 5.41) is 3.20. The van der Waals surface area contributed by atoms with Crippen LogP contribution >= 0.6 is 11.6 Å². The quantitative estimate of drug-likeness (QED) is 0.552. The minimum atomic E-state index is -0.978. The number of hydrogen-bond acceptors (Lipinski definition) is 5. The molecule has 0 saturated heterocycles. The Morgan fingerprint density at radius 3 is 2.54 bits per heavy atom. The Morgan fingerprint density at radius 2 is 1.86 bits per heavy atom. The average molecular weight is 404 g/mol. The summed E-state index contributed by atoms with van der Waals surface area (Å²) in [5.41, 5.74) is 2.09. The first kappa shape index (κ1) is 21.3. The van der Waals surface area contributed by atoms with Crippen molar-refractivity contribution in [3.63, 3.8) is 0 Å². The SMILES string of the molecule is COc1ccc(/C=C/C(=O)O[C@H](C)C(=O)Nc2cc(Cl)ccc2C)c(OC)c1. The van der Waals surface area contributed by atoms with Gasteiger partial charge in [0.2, 0.25) is 0 Å². The van der Waals surface area contributed by atoms with Crippen LogP contribution in [0.3, 0.4) is 0 Å². The van der Waals surface area contributed by atoms with E-state index in [0.29, 0.717) is 27.8 Å². The van der Waals surface area contributed by atoms with Gasteiger partial charge >= 0.3 is 5.97 Å². The van der Waals surface area contributed by atoms with Gasteiger partial charge in [0.15, 0.2) is 6.10 Å². The topological polar surface area (TPSA) is 73.9 Å². The van der Waals surface area contributed by atoms with Crippen molar-refractivity contribution in [2.75, 3.05) is 19.5 Å². The second kappa shape index (κ2) is 9.80. The third-order valence-electron chi connectivity index (χ3n) is 3.96. The van der Waals surface area contributed by atoms with Gasteiger partial charge in [0.1, 0.15) is 11.5 Å². The predicted molar refractivity (Wildman–Crippen MR) is 109 cm³/mol. The van der Waals surface area contributed by atoms with Crippen LogP contribution in [0.5, 0.6) is 11.5 Å². The second-order valence-corrected chi connectivity index (χ2v) is 6.41. The Balaban J connectivity index is 1.99. The molecule has 0 aliphatic carbocycles. The number of carbonyl (C=O) groups excluding carboxylic acids is 2. The smallest absolute Gasteiger partial charge is 0.331 e. The van der Waals surface area contributed by atoms with E-state index in [2.05, 4.69) is 5.32 Å². The highest BCUT2D eigenvalue weighted by Gasteiger charge is 2.17. The van der Waals surface area contributed by atoms with Gasteiger partial charge < -0.3 is 19.5 Å². The summed E-state index contributed by atoms with van der Waals surface area (Å²) in [6, 6.07) is 10.4. The summed E-state index contributed by atoms with van der Waals surface area (Å²) >= 11 is 5.94. The second-order valence-electron chi connectivity index (χ2n) is 5.97. The van der Waals surface area contributed by atoms with Gasteiger partial charge in [-0.15, -0.1) is 0 Å². The number of benzene rings is 2. The van der Waals surface area contributed by atoms with Gasteiger partial charge in [0.05, 0.1) is 14.2 Å². The van der Waals surface area contributed by atoms with Crippen LogP contribution in [0.4, 0.5) is 5.69 Å². The summed E-state index contributed by atoms with van der Waals surface area (Å²) in [7, 11) is 3.08. The van der Waals surface area contributed by atoms with Crippen LogP contribution in [0.25, 0.3) is 6.08 Å². The number of esters is 1. The first-order valence-electron chi connectivity index (χ1n) is 8.51. The van der Waals surface area contributed by atoms with E-state index in [1.54, 1.807) is 49.6 Å². The monoisotopic (exact) mass is 403 g/mol. The molecule has 28 heavy (non-hydrogen) atoms. The first-order chi connectivity index (χ1) is 13.3. The van der Waals surface area contributed by atoms with Gasteiger partial charge in [-0.2, -0.15) is 0 Å². The van der Waals surface area contributed by atoms with Crippen LogP contribution in [0, 0.1) is 6.92 Å². The van der Waals surface area contributed by atoms with Crippen molar-refractivity contribution in [2.45, 2.75) is 20.0 Å². The largest absolute Gasteiger partial charge is 0.497 e.